The first-order valence-electron chi connectivity index (χ1n) is 7.43. The van der Waals surface area contributed by atoms with Crippen molar-refractivity contribution < 1.29 is 24.6 Å². The van der Waals surface area contributed by atoms with E-state index in [0.717, 1.165) is 5.56 Å². The SMILES string of the molecule is CC(=O)NCC(O)C(CC(=O)O)N1CCc2ccccc2C1=O. The molecule has 0 fully saturated rings. The molecular weight excluding hydrogens is 300 g/mol. The summed E-state index contributed by atoms with van der Waals surface area (Å²) in [6, 6.07) is 6.27. The number of carboxylic acid groups (broad SMARTS) is 1. The van der Waals surface area contributed by atoms with Gasteiger partial charge in [-0.05, 0) is 18.1 Å². The Bertz CT molecular complexity index is 616. The summed E-state index contributed by atoms with van der Waals surface area (Å²) in [6.07, 6.45) is -0.927. The number of hydrogen-bond donors (Lipinski definition) is 3. The quantitative estimate of drug-likeness (QED) is 0.685. The summed E-state index contributed by atoms with van der Waals surface area (Å²) < 4.78 is 0. The number of rotatable bonds is 6. The normalized spacial score (nSPS) is 16.4. The number of benzene rings is 1. The van der Waals surface area contributed by atoms with Crippen molar-refractivity contribution in [2.45, 2.75) is 31.9 Å². The zero-order chi connectivity index (χ0) is 17.0. The summed E-state index contributed by atoms with van der Waals surface area (Å²) in [5.41, 5.74) is 1.44. The number of hydrogen-bond acceptors (Lipinski definition) is 4. The molecule has 7 heteroatoms. The number of carbonyl (C=O) groups is 3. The first-order chi connectivity index (χ1) is 10.9. The van der Waals surface area contributed by atoms with Crippen molar-refractivity contribution in [3.63, 3.8) is 0 Å². The van der Waals surface area contributed by atoms with Gasteiger partial charge in [-0.2, -0.15) is 0 Å². The summed E-state index contributed by atoms with van der Waals surface area (Å²) in [4.78, 5) is 36.1. The monoisotopic (exact) mass is 320 g/mol. The molecule has 124 valence electrons. The van der Waals surface area contributed by atoms with Gasteiger partial charge in [0.1, 0.15) is 0 Å². The van der Waals surface area contributed by atoms with Crippen LogP contribution >= 0.6 is 0 Å². The lowest BCUT2D eigenvalue weighted by Crippen LogP contribution is -2.53. The second kappa shape index (κ2) is 7.23. The molecule has 1 aliphatic rings. The highest BCUT2D eigenvalue weighted by Gasteiger charge is 2.35. The smallest absolute Gasteiger partial charge is 0.305 e. The standard InChI is InChI=1S/C16H20N2O5/c1-10(19)17-9-14(20)13(8-15(21)22)18-7-6-11-4-2-3-5-12(11)16(18)23/h2-5,13-14,20H,6-9H2,1H3,(H,17,19)(H,21,22). The van der Waals surface area contributed by atoms with Crippen molar-refractivity contribution in [1.29, 1.82) is 0 Å². The maximum absolute atomic E-state index is 12.6. The van der Waals surface area contributed by atoms with Crippen LogP contribution in [0.5, 0.6) is 0 Å². The van der Waals surface area contributed by atoms with Crippen LogP contribution < -0.4 is 5.32 Å². The summed E-state index contributed by atoms with van der Waals surface area (Å²) in [5, 5.41) is 21.8. The van der Waals surface area contributed by atoms with Crippen molar-refractivity contribution in [1.82, 2.24) is 10.2 Å². The average Bonchev–Trinajstić information content (AvgIpc) is 2.51. The van der Waals surface area contributed by atoms with Gasteiger partial charge in [-0.25, -0.2) is 0 Å². The molecule has 7 nitrogen and oxygen atoms in total. The molecule has 0 bridgehead atoms. The summed E-state index contributed by atoms with van der Waals surface area (Å²) in [7, 11) is 0. The highest BCUT2D eigenvalue weighted by atomic mass is 16.4. The topological polar surface area (TPSA) is 107 Å². The molecule has 23 heavy (non-hydrogen) atoms. The minimum atomic E-state index is -1.15. The Morgan fingerprint density at radius 1 is 1.35 bits per heavy atom. The van der Waals surface area contributed by atoms with E-state index in [2.05, 4.69) is 5.32 Å². The molecule has 1 aliphatic heterocycles. The van der Waals surface area contributed by atoms with Crippen LogP contribution in [0, 0.1) is 0 Å². The van der Waals surface area contributed by atoms with Gasteiger partial charge >= 0.3 is 5.97 Å². The van der Waals surface area contributed by atoms with Gasteiger partial charge in [-0.1, -0.05) is 18.2 Å². The Morgan fingerprint density at radius 2 is 2.04 bits per heavy atom. The van der Waals surface area contributed by atoms with Gasteiger partial charge in [-0.3, -0.25) is 14.4 Å². The highest BCUT2D eigenvalue weighted by molar-refractivity contribution is 5.97. The predicted octanol–water partition coefficient (Wildman–Crippen LogP) is 0.0252. The molecule has 1 aromatic carbocycles. The second-order valence-electron chi connectivity index (χ2n) is 5.58. The molecule has 2 amide bonds. The maximum atomic E-state index is 12.6. The van der Waals surface area contributed by atoms with E-state index in [0.29, 0.717) is 18.5 Å². The van der Waals surface area contributed by atoms with Crippen LogP contribution in [0.3, 0.4) is 0 Å². The fourth-order valence-electron chi connectivity index (χ4n) is 2.78. The Labute approximate surface area is 133 Å². The third-order valence-corrected chi connectivity index (χ3v) is 3.92. The largest absolute Gasteiger partial charge is 0.481 e. The Kier molecular flexibility index (Phi) is 5.33. The van der Waals surface area contributed by atoms with Crippen molar-refractivity contribution in [2.24, 2.45) is 0 Å². The van der Waals surface area contributed by atoms with Gasteiger partial charge in [0.25, 0.3) is 5.91 Å². The van der Waals surface area contributed by atoms with E-state index in [4.69, 9.17) is 5.11 Å². The van der Waals surface area contributed by atoms with Gasteiger partial charge in [-0.15, -0.1) is 0 Å². The molecule has 2 unspecified atom stereocenters. The average molecular weight is 320 g/mol. The lowest BCUT2D eigenvalue weighted by molar-refractivity contribution is -0.139. The molecule has 0 saturated carbocycles. The molecule has 0 radical (unpaired) electrons. The fraction of sp³-hybridized carbons (Fsp3) is 0.438. The van der Waals surface area contributed by atoms with Crippen LogP contribution in [-0.4, -0.2) is 58.1 Å². The molecule has 0 aromatic heterocycles. The first-order valence-corrected chi connectivity index (χ1v) is 7.43. The first kappa shape index (κ1) is 17.0. The highest BCUT2D eigenvalue weighted by Crippen LogP contribution is 2.23. The third-order valence-electron chi connectivity index (χ3n) is 3.92. The molecule has 0 aliphatic carbocycles. The lowest BCUT2D eigenvalue weighted by atomic mass is 9.95. The Balaban J connectivity index is 2.20. The molecule has 0 spiro atoms. The number of carboxylic acids is 1. The maximum Gasteiger partial charge on any atom is 0.305 e. The summed E-state index contributed by atoms with van der Waals surface area (Å²) in [6.45, 7) is 1.55. The van der Waals surface area contributed by atoms with Crippen molar-refractivity contribution in [3.8, 4) is 0 Å². The van der Waals surface area contributed by atoms with Crippen molar-refractivity contribution in [3.05, 3.63) is 35.4 Å². The molecule has 1 aromatic rings. The number of aliphatic hydroxyl groups is 1. The number of nitrogens with one attached hydrogen (secondary N) is 1. The molecule has 0 saturated heterocycles. The molecular formula is C16H20N2O5. The zero-order valence-corrected chi connectivity index (χ0v) is 12.9. The number of fused-ring (bicyclic) bond motifs is 1. The van der Waals surface area contributed by atoms with E-state index in [1.165, 1.54) is 11.8 Å². The van der Waals surface area contributed by atoms with E-state index < -0.39 is 18.1 Å². The van der Waals surface area contributed by atoms with Crippen LogP contribution in [0.25, 0.3) is 0 Å². The van der Waals surface area contributed by atoms with Crippen molar-refractivity contribution >= 4 is 17.8 Å². The van der Waals surface area contributed by atoms with E-state index in [1.807, 2.05) is 12.1 Å². The number of carbonyl (C=O) groups excluding carboxylic acids is 2. The van der Waals surface area contributed by atoms with Crippen LogP contribution in [0.15, 0.2) is 24.3 Å². The number of nitrogens with zero attached hydrogens (tertiary/aromatic N) is 1. The van der Waals surface area contributed by atoms with E-state index in [-0.39, 0.29) is 24.8 Å². The summed E-state index contributed by atoms with van der Waals surface area (Å²) >= 11 is 0. The van der Waals surface area contributed by atoms with Crippen LogP contribution in [0.4, 0.5) is 0 Å². The second-order valence-corrected chi connectivity index (χ2v) is 5.58. The molecule has 2 atom stereocenters. The van der Waals surface area contributed by atoms with Gasteiger partial charge in [0, 0.05) is 25.6 Å². The summed E-state index contributed by atoms with van der Waals surface area (Å²) in [5.74, 6) is -1.73. The number of aliphatic carboxylic acids is 1. The van der Waals surface area contributed by atoms with Crippen LogP contribution in [0.1, 0.15) is 29.3 Å². The molecule has 1 heterocycles. The van der Waals surface area contributed by atoms with Crippen LogP contribution in [0.2, 0.25) is 0 Å². The van der Waals surface area contributed by atoms with E-state index >= 15 is 0 Å². The predicted molar refractivity (Wildman–Crippen MR) is 81.9 cm³/mol. The lowest BCUT2D eigenvalue weighted by Gasteiger charge is -2.37. The minimum absolute atomic E-state index is 0.0985. The van der Waals surface area contributed by atoms with Gasteiger partial charge in [0.2, 0.25) is 5.91 Å². The van der Waals surface area contributed by atoms with Gasteiger partial charge in [0.05, 0.1) is 18.6 Å². The molecule has 2 rings (SSSR count). The van der Waals surface area contributed by atoms with Gasteiger partial charge < -0.3 is 20.4 Å². The third kappa shape index (κ3) is 4.07. The molecule has 3 N–H and O–H groups in total. The fourth-order valence-corrected chi connectivity index (χ4v) is 2.78. The minimum Gasteiger partial charge on any atom is -0.481 e. The number of amides is 2. The van der Waals surface area contributed by atoms with E-state index in [1.54, 1.807) is 12.1 Å². The Morgan fingerprint density at radius 3 is 2.70 bits per heavy atom. The van der Waals surface area contributed by atoms with Gasteiger partial charge in [0.15, 0.2) is 0 Å². The zero-order valence-electron chi connectivity index (χ0n) is 12.9. The number of aliphatic hydroxyl groups excluding tert-OH is 1. The van der Waals surface area contributed by atoms with Crippen LogP contribution in [-0.2, 0) is 16.0 Å². The van der Waals surface area contributed by atoms with E-state index in [9.17, 15) is 19.5 Å². The van der Waals surface area contributed by atoms with Crippen molar-refractivity contribution in [2.75, 3.05) is 13.1 Å². The Hall–Kier alpha value is -2.41.